The molecular formula is C22H22F3N. The molecule has 0 fully saturated rings. The summed E-state index contributed by atoms with van der Waals surface area (Å²) < 4.78 is 154. The van der Waals surface area contributed by atoms with E-state index < -0.39 is 108 Å². The van der Waals surface area contributed by atoms with Gasteiger partial charge in [0.25, 0.3) is 0 Å². The Morgan fingerprint density at radius 1 is 1.15 bits per heavy atom. The van der Waals surface area contributed by atoms with E-state index in [1.54, 1.807) is 0 Å². The molecule has 0 aliphatic rings. The van der Waals surface area contributed by atoms with Crippen LogP contribution >= 0.6 is 0 Å². The molecule has 26 heavy (non-hydrogen) atoms. The van der Waals surface area contributed by atoms with Crippen LogP contribution in [0.25, 0.3) is 10.8 Å². The Morgan fingerprint density at radius 2 is 1.96 bits per heavy atom. The Morgan fingerprint density at radius 3 is 2.77 bits per heavy atom. The smallest absolute Gasteiger partial charge is 0.310 e. The first-order chi connectivity index (χ1) is 18.1. The second-order valence-corrected chi connectivity index (χ2v) is 5.23. The average Bonchev–Trinajstić information content (AvgIpc) is 2.84. The zero-order valence-corrected chi connectivity index (χ0v) is 13.2. The molecule has 0 bridgehead atoms. The highest BCUT2D eigenvalue weighted by Gasteiger charge is 2.30. The first-order valence-corrected chi connectivity index (χ1v) is 7.46. The van der Waals surface area contributed by atoms with E-state index in [-0.39, 0.29) is 0 Å². The van der Waals surface area contributed by atoms with E-state index in [0.717, 1.165) is 12.1 Å². The molecule has 0 saturated heterocycles. The molecule has 0 aromatic heterocycles. The molecule has 1 N–H and O–H groups in total. The van der Waals surface area contributed by atoms with Crippen LogP contribution in [0, 0.1) is 0 Å². The summed E-state index contributed by atoms with van der Waals surface area (Å²) in [6.45, 7) is -4.30. The second-order valence-electron chi connectivity index (χ2n) is 5.23. The molecular weight excluding hydrogens is 335 g/mol. The fraction of sp³-hybridized carbons (Fsp3) is 0.273. The number of benzene rings is 3. The minimum atomic E-state index is -4.84. The number of hydrogen-bond donors (Lipinski definition) is 1. The summed E-state index contributed by atoms with van der Waals surface area (Å²) in [5.41, 5.74) is -2.55. The van der Waals surface area contributed by atoms with Gasteiger partial charge in [-0.15, -0.1) is 0 Å². The van der Waals surface area contributed by atoms with Gasteiger partial charge < -0.3 is 5.32 Å². The molecule has 0 aliphatic carbocycles. The quantitative estimate of drug-likeness (QED) is 0.548. The number of alkyl halides is 3. The molecule has 3 rings (SSSR count). The molecule has 3 aromatic rings. The summed E-state index contributed by atoms with van der Waals surface area (Å²) in [5, 5.41) is 1.20. The zero-order chi connectivity index (χ0) is 30.7. The first-order valence-electron chi connectivity index (χ1n) is 14.5. The lowest BCUT2D eigenvalue weighted by Crippen LogP contribution is -2.20. The van der Waals surface area contributed by atoms with Crippen molar-refractivity contribution in [3.8, 4) is 0 Å². The lowest BCUT2D eigenvalue weighted by molar-refractivity contribution is -0.137. The van der Waals surface area contributed by atoms with Crippen molar-refractivity contribution in [2.75, 3.05) is 6.54 Å². The van der Waals surface area contributed by atoms with Gasteiger partial charge in [-0.1, -0.05) is 60.5 Å². The number of halogens is 3. The Labute approximate surface area is 171 Å². The molecule has 0 heterocycles. The molecule has 0 amide bonds. The van der Waals surface area contributed by atoms with E-state index in [2.05, 4.69) is 5.32 Å². The van der Waals surface area contributed by atoms with Crippen molar-refractivity contribution in [3.63, 3.8) is 0 Å². The van der Waals surface area contributed by atoms with Crippen LogP contribution in [0.5, 0.6) is 0 Å². The third-order valence-electron chi connectivity index (χ3n) is 3.45. The lowest BCUT2D eigenvalue weighted by atomic mass is 9.99. The summed E-state index contributed by atoms with van der Waals surface area (Å²) in [6, 6.07) is -4.76. The van der Waals surface area contributed by atoms with E-state index in [1.807, 2.05) is 0 Å². The van der Waals surface area contributed by atoms with Crippen molar-refractivity contribution >= 4 is 10.8 Å². The minimum Gasteiger partial charge on any atom is -0.310 e. The number of rotatable bonds is 6. The van der Waals surface area contributed by atoms with Crippen molar-refractivity contribution in [2.24, 2.45) is 0 Å². The highest BCUT2D eigenvalue weighted by Crippen LogP contribution is 2.29. The van der Waals surface area contributed by atoms with E-state index in [0.29, 0.717) is 12.1 Å². The maximum Gasteiger partial charge on any atom is 0.416 e. The lowest BCUT2D eigenvalue weighted by Gasteiger charge is -2.17. The van der Waals surface area contributed by atoms with Crippen molar-refractivity contribution in [2.45, 2.75) is 31.8 Å². The van der Waals surface area contributed by atoms with Crippen LogP contribution in [0.3, 0.4) is 0 Å². The predicted molar refractivity (Wildman–Crippen MR) is 100 cm³/mol. The molecule has 0 aliphatic heterocycles. The van der Waals surface area contributed by atoms with Crippen molar-refractivity contribution in [1.29, 1.82) is 0 Å². The molecule has 0 radical (unpaired) electrons. The van der Waals surface area contributed by atoms with E-state index in [1.165, 1.54) is 0 Å². The van der Waals surface area contributed by atoms with Crippen LogP contribution in [0.15, 0.2) is 66.6 Å². The number of aryl methyl sites for hydroxylation is 1. The van der Waals surface area contributed by atoms with Gasteiger partial charge in [0, 0.05) is 15.6 Å². The fourth-order valence-electron chi connectivity index (χ4n) is 2.22. The van der Waals surface area contributed by atoms with E-state index in [9.17, 15) is 13.2 Å². The molecule has 0 saturated carbocycles. The highest BCUT2D eigenvalue weighted by molar-refractivity contribution is 5.86. The summed E-state index contributed by atoms with van der Waals surface area (Å²) >= 11 is 0. The van der Waals surface area contributed by atoms with Crippen molar-refractivity contribution < 1.29 is 32.4 Å². The number of fused-ring (bicyclic) bond motifs is 1. The van der Waals surface area contributed by atoms with Crippen LogP contribution in [-0.2, 0) is 12.5 Å². The fourth-order valence-corrected chi connectivity index (χ4v) is 2.22. The Balaban J connectivity index is 2.18. The number of nitrogens with one attached hydrogen (secondary N) is 1. The topological polar surface area (TPSA) is 12.0 Å². The third kappa shape index (κ3) is 4.44. The molecule has 136 valence electrons. The maximum atomic E-state index is 13.2. The van der Waals surface area contributed by atoms with Crippen molar-refractivity contribution in [1.82, 2.24) is 5.32 Å². The molecule has 1 atom stereocenters. The monoisotopic (exact) mass is 371 g/mol. The van der Waals surface area contributed by atoms with Gasteiger partial charge in [0.05, 0.1) is 15.2 Å². The first kappa shape index (κ1) is 7.73. The van der Waals surface area contributed by atoms with Crippen LogP contribution in [0.1, 0.15) is 55.1 Å². The molecule has 0 unspecified atom stereocenters. The highest BCUT2D eigenvalue weighted by atomic mass is 19.4. The second kappa shape index (κ2) is 7.92. The van der Waals surface area contributed by atoms with Crippen LogP contribution < -0.4 is 5.32 Å². The molecule has 0 spiro atoms. The third-order valence-corrected chi connectivity index (χ3v) is 3.45. The van der Waals surface area contributed by atoms with Crippen LogP contribution in [0.4, 0.5) is 13.2 Å². The van der Waals surface area contributed by atoms with Gasteiger partial charge in [0.2, 0.25) is 0 Å². The van der Waals surface area contributed by atoms with Gasteiger partial charge in [0.1, 0.15) is 0 Å². The number of hydrogen-bond acceptors (Lipinski definition) is 1. The van der Waals surface area contributed by atoms with Gasteiger partial charge in [-0.05, 0) is 54.1 Å². The predicted octanol–water partition coefficient (Wildman–Crippen LogP) is 6.14. The average molecular weight is 372 g/mol. The maximum absolute atomic E-state index is 13.2. The van der Waals surface area contributed by atoms with Crippen molar-refractivity contribution in [3.05, 3.63) is 83.3 Å². The summed E-state index contributed by atoms with van der Waals surface area (Å²) in [6.07, 6.45) is -11.0. The standard InChI is InChI=1S/C22H22F3N/c1-16(20-13-5-10-18-9-2-3-12-21(18)20)26-14-6-8-17-7-4-11-19(15-17)22(23,24)25/h2-5,7,9-13,15-16,26H,6,8,14H2,1H3/t16-/m1/s1/i1D3,2D,3D,5D,6D2,8D2,9D,10D,12D,13D. The van der Waals surface area contributed by atoms with Gasteiger partial charge in [-0.25, -0.2) is 0 Å². The van der Waals surface area contributed by atoms with E-state index in [4.69, 9.17) is 19.2 Å². The van der Waals surface area contributed by atoms with Gasteiger partial charge in [-0.3, -0.25) is 0 Å². The molecule has 1 nitrogen and oxygen atoms in total. The zero-order valence-electron chi connectivity index (χ0n) is 27.2. The largest absolute Gasteiger partial charge is 0.416 e. The Kier molecular flexibility index (Phi) is 2.35. The van der Waals surface area contributed by atoms with E-state index >= 15 is 0 Å². The SMILES string of the molecule is [2H]c1c([2H])c([2H])c2c([C@H](NCC([2H])([2H])C([2H])([2H])c3cccc(C(F)(F)F)c3)C([2H])([2H])[2H])c([2H])c([2H])c([2H])c2c1[2H]. The molecule has 3 aromatic carbocycles. The summed E-state index contributed by atoms with van der Waals surface area (Å²) in [4.78, 5) is 0. The molecule has 4 heteroatoms. The van der Waals surface area contributed by atoms with Gasteiger partial charge in [-0.2, -0.15) is 13.2 Å². The van der Waals surface area contributed by atoms with Crippen LogP contribution in [0.2, 0.25) is 0 Å². The van der Waals surface area contributed by atoms with Gasteiger partial charge in [0.15, 0.2) is 0 Å². The Bertz CT molecular complexity index is 1460. The van der Waals surface area contributed by atoms with Gasteiger partial charge >= 0.3 is 6.18 Å². The Hall–Kier alpha value is -2.33. The normalized spacial score (nSPS) is 22.4. The summed E-state index contributed by atoms with van der Waals surface area (Å²) in [7, 11) is 0. The van der Waals surface area contributed by atoms with Crippen LogP contribution in [-0.4, -0.2) is 6.54 Å². The minimum absolute atomic E-state index is 0.435. The summed E-state index contributed by atoms with van der Waals surface area (Å²) in [5.74, 6) is 0.